The Labute approximate surface area is 118 Å². The van der Waals surface area contributed by atoms with Crippen LogP contribution in [0.15, 0.2) is 18.3 Å². The molecule has 0 aliphatic rings. The number of pyridine rings is 1. The highest BCUT2D eigenvalue weighted by Crippen LogP contribution is 2.14. The third kappa shape index (κ3) is 5.36. The van der Waals surface area contributed by atoms with Gasteiger partial charge in [0.1, 0.15) is 0 Å². The molecule has 1 heterocycles. The molecule has 1 unspecified atom stereocenters. The van der Waals surface area contributed by atoms with Crippen molar-refractivity contribution in [3.05, 3.63) is 24.0 Å². The molecule has 1 aromatic heterocycles. The summed E-state index contributed by atoms with van der Waals surface area (Å²) in [7, 11) is 0. The number of rotatable bonds is 7. The molecule has 0 radical (unpaired) electrons. The van der Waals surface area contributed by atoms with E-state index in [0.717, 1.165) is 6.42 Å². The Hall–Kier alpha value is -1.95. The first-order chi connectivity index (χ1) is 9.42. The van der Waals surface area contributed by atoms with Gasteiger partial charge in [0.05, 0.1) is 29.9 Å². The molecule has 110 valence electrons. The van der Waals surface area contributed by atoms with E-state index in [1.165, 1.54) is 6.20 Å². The third-order valence-electron chi connectivity index (χ3n) is 2.84. The number of aliphatic carboxylic acids is 1. The first-order valence-corrected chi connectivity index (χ1v) is 6.60. The van der Waals surface area contributed by atoms with Crippen molar-refractivity contribution in [3.8, 4) is 0 Å². The summed E-state index contributed by atoms with van der Waals surface area (Å²) in [6, 6.07) is 3.23. The molecule has 0 aromatic carbocycles. The van der Waals surface area contributed by atoms with E-state index >= 15 is 0 Å². The van der Waals surface area contributed by atoms with Gasteiger partial charge in [0.15, 0.2) is 0 Å². The number of aromatic nitrogens is 1. The van der Waals surface area contributed by atoms with Crippen LogP contribution in [0.25, 0.3) is 0 Å². The fraction of sp³-hybridized carbons (Fsp3) is 0.500. The van der Waals surface area contributed by atoms with E-state index in [-0.39, 0.29) is 18.2 Å². The second-order valence-electron chi connectivity index (χ2n) is 5.16. The van der Waals surface area contributed by atoms with E-state index < -0.39 is 5.97 Å². The van der Waals surface area contributed by atoms with Crippen LogP contribution in [0.1, 0.15) is 26.0 Å². The van der Waals surface area contributed by atoms with Gasteiger partial charge < -0.3 is 16.2 Å². The molecule has 1 aromatic rings. The fourth-order valence-electron chi connectivity index (χ4n) is 1.88. The number of nitrogens with zero attached hydrogens (tertiary/aromatic N) is 1. The maximum Gasteiger partial charge on any atom is 0.309 e. The first-order valence-electron chi connectivity index (χ1n) is 6.60. The Morgan fingerprint density at radius 3 is 2.55 bits per heavy atom. The zero-order valence-corrected chi connectivity index (χ0v) is 11.8. The van der Waals surface area contributed by atoms with Gasteiger partial charge in [0, 0.05) is 6.54 Å². The van der Waals surface area contributed by atoms with Crippen molar-refractivity contribution >= 4 is 17.6 Å². The molecule has 0 aliphatic heterocycles. The van der Waals surface area contributed by atoms with Crippen LogP contribution in [-0.2, 0) is 16.0 Å². The molecule has 0 fully saturated rings. The number of carboxylic acid groups (broad SMARTS) is 1. The normalized spacial score (nSPS) is 12.2. The monoisotopic (exact) mass is 279 g/mol. The lowest BCUT2D eigenvalue weighted by Crippen LogP contribution is -2.30. The Morgan fingerprint density at radius 1 is 1.40 bits per heavy atom. The van der Waals surface area contributed by atoms with Crippen LogP contribution in [0.3, 0.4) is 0 Å². The van der Waals surface area contributed by atoms with E-state index in [4.69, 9.17) is 10.8 Å². The van der Waals surface area contributed by atoms with Gasteiger partial charge in [-0.3, -0.25) is 14.6 Å². The Kier molecular flexibility index (Phi) is 6.11. The standard InChI is InChI=1S/C14H21N3O3/c1-9(2)5-10(7-15)14(20)17-12-4-3-11(16-8-12)6-13(18)19/h3-4,8-10H,5-7,15H2,1-2H3,(H,17,20)(H,18,19). The van der Waals surface area contributed by atoms with Gasteiger partial charge in [-0.15, -0.1) is 0 Å². The summed E-state index contributed by atoms with van der Waals surface area (Å²) in [4.78, 5) is 26.6. The lowest BCUT2D eigenvalue weighted by molar-refractivity contribution is -0.136. The molecule has 1 rings (SSSR count). The maximum atomic E-state index is 12.0. The van der Waals surface area contributed by atoms with Gasteiger partial charge in [-0.25, -0.2) is 0 Å². The van der Waals surface area contributed by atoms with Gasteiger partial charge >= 0.3 is 5.97 Å². The lowest BCUT2D eigenvalue weighted by atomic mass is 9.96. The minimum Gasteiger partial charge on any atom is -0.481 e. The van der Waals surface area contributed by atoms with E-state index in [1.54, 1.807) is 12.1 Å². The predicted octanol–water partition coefficient (Wildman–Crippen LogP) is 1.27. The minimum absolute atomic E-state index is 0.131. The van der Waals surface area contributed by atoms with Crippen molar-refractivity contribution < 1.29 is 14.7 Å². The highest BCUT2D eigenvalue weighted by molar-refractivity contribution is 5.92. The van der Waals surface area contributed by atoms with Crippen molar-refractivity contribution in [2.24, 2.45) is 17.6 Å². The summed E-state index contributed by atoms with van der Waals surface area (Å²) in [5, 5.41) is 11.4. The molecule has 0 saturated heterocycles. The summed E-state index contributed by atoms with van der Waals surface area (Å²) in [6.45, 7) is 4.38. The maximum absolute atomic E-state index is 12.0. The number of hydrogen-bond donors (Lipinski definition) is 3. The van der Waals surface area contributed by atoms with Crippen LogP contribution in [-0.4, -0.2) is 28.5 Å². The first kappa shape index (κ1) is 16.1. The third-order valence-corrected chi connectivity index (χ3v) is 2.84. The Bertz CT molecular complexity index is 457. The zero-order valence-electron chi connectivity index (χ0n) is 11.8. The summed E-state index contributed by atoms with van der Waals surface area (Å²) in [6.07, 6.45) is 2.05. The van der Waals surface area contributed by atoms with E-state index in [2.05, 4.69) is 10.3 Å². The van der Waals surface area contributed by atoms with E-state index in [0.29, 0.717) is 23.8 Å². The highest BCUT2D eigenvalue weighted by atomic mass is 16.4. The van der Waals surface area contributed by atoms with Crippen LogP contribution < -0.4 is 11.1 Å². The Morgan fingerprint density at radius 2 is 2.10 bits per heavy atom. The summed E-state index contributed by atoms with van der Waals surface area (Å²) < 4.78 is 0. The lowest BCUT2D eigenvalue weighted by Gasteiger charge is -2.16. The van der Waals surface area contributed by atoms with Gasteiger partial charge in [-0.2, -0.15) is 0 Å². The summed E-state index contributed by atoms with van der Waals surface area (Å²) in [5.74, 6) is -0.900. The van der Waals surface area contributed by atoms with Gasteiger partial charge in [0.25, 0.3) is 0 Å². The molecule has 20 heavy (non-hydrogen) atoms. The predicted molar refractivity (Wildman–Crippen MR) is 76.2 cm³/mol. The van der Waals surface area contributed by atoms with Crippen molar-refractivity contribution in [2.45, 2.75) is 26.7 Å². The summed E-state index contributed by atoms with van der Waals surface area (Å²) in [5.41, 5.74) is 6.61. The average molecular weight is 279 g/mol. The van der Waals surface area contributed by atoms with Crippen LogP contribution in [0.4, 0.5) is 5.69 Å². The number of amides is 1. The molecule has 1 atom stereocenters. The van der Waals surface area contributed by atoms with Gasteiger partial charge in [0.2, 0.25) is 5.91 Å². The molecule has 6 heteroatoms. The van der Waals surface area contributed by atoms with Crippen LogP contribution in [0.5, 0.6) is 0 Å². The van der Waals surface area contributed by atoms with E-state index in [1.807, 2.05) is 13.8 Å². The number of carboxylic acids is 1. The molecule has 6 nitrogen and oxygen atoms in total. The molecular formula is C14H21N3O3. The largest absolute Gasteiger partial charge is 0.481 e. The second-order valence-corrected chi connectivity index (χ2v) is 5.16. The average Bonchev–Trinajstić information content (AvgIpc) is 2.37. The Balaban J connectivity index is 2.63. The minimum atomic E-state index is -0.936. The van der Waals surface area contributed by atoms with Crippen molar-refractivity contribution in [1.29, 1.82) is 0 Å². The van der Waals surface area contributed by atoms with Crippen molar-refractivity contribution in [1.82, 2.24) is 4.98 Å². The summed E-state index contributed by atoms with van der Waals surface area (Å²) >= 11 is 0. The topological polar surface area (TPSA) is 105 Å². The quantitative estimate of drug-likeness (QED) is 0.697. The number of nitrogens with two attached hydrogens (primary N) is 1. The van der Waals surface area contributed by atoms with Crippen LogP contribution in [0.2, 0.25) is 0 Å². The van der Waals surface area contributed by atoms with Gasteiger partial charge in [-0.05, 0) is 24.5 Å². The van der Waals surface area contributed by atoms with Crippen molar-refractivity contribution in [3.63, 3.8) is 0 Å². The van der Waals surface area contributed by atoms with Crippen LogP contribution >= 0.6 is 0 Å². The molecule has 1 amide bonds. The zero-order chi connectivity index (χ0) is 15.1. The number of anilines is 1. The molecule has 0 aliphatic carbocycles. The highest BCUT2D eigenvalue weighted by Gasteiger charge is 2.18. The van der Waals surface area contributed by atoms with Gasteiger partial charge in [-0.1, -0.05) is 13.8 Å². The number of hydrogen-bond acceptors (Lipinski definition) is 4. The molecule has 0 saturated carbocycles. The molecule has 0 bridgehead atoms. The number of nitrogens with one attached hydrogen (secondary N) is 1. The molecule has 4 N–H and O–H groups in total. The fourth-order valence-corrected chi connectivity index (χ4v) is 1.88. The number of carbonyl (C=O) groups excluding carboxylic acids is 1. The molecule has 0 spiro atoms. The van der Waals surface area contributed by atoms with Crippen LogP contribution in [0, 0.1) is 11.8 Å². The van der Waals surface area contributed by atoms with E-state index in [9.17, 15) is 9.59 Å². The SMILES string of the molecule is CC(C)CC(CN)C(=O)Nc1ccc(CC(=O)O)nc1. The smallest absolute Gasteiger partial charge is 0.309 e. The molecular weight excluding hydrogens is 258 g/mol. The second kappa shape index (κ2) is 7.59. The number of carbonyl (C=O) groups is 2. The van der Waals surface area contributed by atoms with Crippen molar-refractivity contribution in [2.75, 3.05) is 11.9 Å².